The summed E-state index contributed by atoms with van der Waals surface area (Å²) < 4.78 is 1.76. The topological polar surface area (TPSA) is 50.9 Å². The van der Waals surface area contributed by atoms with Gasteiger partial charge in [-0.3, -0.25) is 0 Å². The molecule has 0 spiro atoms. The van der Waals surface area contributed by atoms with Crippen LogP contribution in [0.2, 0.25) is 5.02 Å². The van der Waals surface area contributed by atoms with E-state index >= 15 is 0 Å². The molecule has 1 aromatic heterocycles. The zero-order valence-electron chi connectivity index (χ0n) is 15.2. The van der Waals surface area contributed by atoms with Crippen molar-refractivity contribution in [2.45, 2.75) is 18.1 Å². The standard InChI is InChI=1S/C23H20ClN3O/c1-2-23(16-18-12-6-7-13-19(18)24,22(28)17-10-4-3-5-11-17)27-21-15-9-8-14-20(21)25-26-27/h2-15,22,28H,1,16H2. The smallest absolute Gasteiger partial charge is 0.117 e. The van der Waals surface area contributed by atoms with Gasteiger partial charge in [0, 0.05) is 11.4 Å². The predicted molar refractivity (Wildman–Crippen MR) is 112 cm³/mol. The summed E-state index contributed by atoms with van der Waals surface area (Å²) in [6.07, 6.45) is 1.27. The van der Waals surface area contributed by atoms with E-state index in [1.807, 2.05) is 78.9 Å². The van der Waals surface area contributed by atoms with Crippen molar-refractivity contribution < 1.29 is 5.11 Å². The molecule has 4 rings (SSSR count). The summed E-state index contributed by atoms with van der Waals surface area (Å²) in [6, 6.07) is 24.8. The van der Waals surface area contributed by atoms with Crippen molar-refractivity contribution in [1.82, 2.24) is 15.0 Å². The van der Waals surface area contributed by atoms with Crippen molar-refractivity contribution in [2.75, 3.05) is 0 Å². The van der Waals surface area contributed by atoms with E-state index in [2.05, 4.69) is 16.9 Å². The van der Waals surface area contributed by atoms with Crippen molar-refractivity contribution in [3.05, 3.63) is 108 Å². The fourth-order valence-corrected chi connectivity index (χ4v) is 3.81. The number of aliphatic hydroxyl groups excluding tert-OH is 1. The third kappa shape index (κ3) is 3.11. The molecule has 0 bridgehead atoms. The van der Waals surface area contributed by atoms with Gasteiger partial charge >= 0.3 is 0 Å². The Morgan fingerprint density at radius 3 is 2.43 bits per heavy atom. The molecule has 0 saturated carbocycles. The maximum atomic E-state index is 11.5. The fraction of sp³-hybridized carbons (Fsp3) is 0.130. The number of halogens is 1. The minimum absolute atomic E-state index is 0.416. The summed E-state index contributed by atoms with van der Waals surface area (Å²) in [6.45, 7) is 4.08. The summed E-state index contributed by atoms with van der Waals surface area (Å²) >= 11 is 6.46. The molecule has 1 heterocycles. The van der Waals surface area contributed by atoms with Gasteiger partial charge in [-0.15, -0.1) is 11.7 Å². The third-order valence-corrected chi connectivity index (χ3v) is 5.49. The Morgan fingerprint density at radius 2 is 1.68 bits per heavy atom. The van der Waals surface area contributed by atoms with Gasteiger partial charge in [-0.2, -0.15) is 0 Å². The van der Waals surface area contributed by atoms with Crippen LogP contribution in [-0.2, 0) is 12.0 Å². The largest absolute Gasteiger partial charge is 0.386 e. The van der Waals surface area contributed by atoms with Crippen LogP contribution in [0.4, 0.5) is 0 Å². The van der Waals surface area contributed by atoms with E-state index < -0.39 is 11.6 Å². The van der Waals surface area contributed by atoms with Gasteiger partial charge in [0.25, 0.3) is 0 Å². The van der Waals surface area contributed by atoms with Gasteiger partial charge in [-0.25, -0.2) is 4.68 Å². The molecule has 0 saturated heterocycles. The predicted octanol–water partition coefficient (Wildman–Crippen LogP) is 4.94. The lowest BCUT2D eigenvalue weighted by Gasteiger charge is -2.36. The number of para-hydroxylation sites is 1. The summed E-state index contributed by atoms with van der Waals surface area (Å²) in [5.74, 6) is 0. The lowest BCUT2D eigenvalue weighted by Crippen LogP contribution is -2.41. The molecular formula is C23H20ClN3O. The first-order valence-electron chi connectivity index (χ1n) is 9.06. The second-order valence-electron chi connectivity index (χ2n) is 6.77. The quantitative estimate of drug-likeness (QED) is 0.475. The average molecular weight is 390 g/mol. The molecule has 1 N–H and O–H groups in total. The highest BCUT2D eigenvalue weighted by molar-refractivity contribution is 6.31. The molecule has 2 unspecified atom stereocenters. The molecule has 0 aliphatic rings. The highest BCUT2D eigenvalue weighted by Gasteiger charge is 2.41. The highest BCUT2D eigenvalue weighted by atomic mass is 35.5. The molecule has 0 aliphatic carbocycles. The van der Waals surface area contributed by atoms with Gasteiger partial charge in [0.1, 0.15) is 17.2 Å². The highest BCUT2D eigenvalue weighted by Crippen LogP contribution is 2.39. The number of aromatic nitrogens is 3. The first kappa shape index (κ1) is 18.4. The monoisotopic (exact) mass is 389 g/mol. The van der Waals surface area contributed by atoms with Gasteiger partial charge in [0.05, 0.1) is 5.52 Å². The van der Waals surface area contributed by atoms with Gasteiger partial charge in [0.2, 0.25) is 0 Å². The summed E-state index contributed by atoms with van der Waals surface area (Å²) in [7, 11) is 0. The number of rotatable bonds is 6. The summed E-state index contributed by atoms with van der Waals surface area (Å²) in [4.78, 5) is 0. The Bertz CT molecular complexity index is 1110. The van der Waals surface area contributed by atoms with Crippen molar-refractivity contribution in [3.63, 3.8) is 0 Å². The number of fused-ring (bicyclic) bond motifs is 1. The molecule has 0 aliphatic heterocycles. The maximum absolute atomic E-state index is 11.5. The van der Waals surface area contributed by atoms with Gasteiger partial charge in [-0.05, 0) is 29.3 Å². The van der Waals surface area contributed by atoms with Crippen LogP contribution in [-0.4, -0.2) is 20.1 Å². The lowest BCUT2D eigenvalue weighted by atomic mass is 9.82. The molecule has 0 fully saturated rings. The van der Waals surface area contributed by atoms with E-state index in [0.717, 1.165) is 22.2 Å². The van der Waals surface area contributed by atoms with Crippen molar-refractivity contribution in [3.8, 4) is 0 Å². The van der Waals surface area contributed by atoms with Crippen LogP contribution in [0.3, 0.4) is 0 Å². The van der Waals surface area contributed by atoms with Crippen LogP contribution >= 0.6 is 11.6 Å². The Labute approximate surface area is 168 Å². The van der Waals surface area contributed by atoms with Crippen molar-refractivity contribution in [1.29, 1.82) is 0 Å². The minimum Gasteiger partial charge on any atom is -0.386 e. The second-order valence-corrected chi connectivity index (χ2v) is 7.17. The minimum atomic E-state index is -0.970. The number of benzene rings is 3. The number of hydrogen-bond acceptors (Lipinski definition) is 3. The fourth-order valence-electron chi connectivity index (χ4n) is 3.60. The molecule has 3 aromatic carbocycles. The Kier molecular flexibility index (Phi) is 4.99. The molecule has 140 valence electrons. The van der Waals surface area contributed by atoms with E-state index in [4.69, 9.17) is 11.6 Å². The zero-order chi connectivity index (χ0) is 19.6. The summed E-state index contributed by atoms with van der Waals surface area (Å²) in [5.41, 5.74) is 2.29. The second kappa shape index (κ2) is 7.58. The van der Waals surface area contributed by atoms with E-state index in [1.165, 1.54) is 0 Å². The van der Waals surface area contributed by atoms with Crippen LogP contribution < -0.4 is 0 Å². The molecule has 4 aromatic rings. The first-order valence-corrected chi connectivity index (χ1v) is 9.44. The van der Waals surface area contributed by atoms with Crippen LogP contribution in [0.15, 0.2) is 91.5 Å². The van der Waals surface area contributed by atoms with Gasteiger partial charge in [0.15, 0.2) is 0 Å². The van der Waals surface area contributed by atoms with Gasteiger partial charge < -0.3 is 5.11 Å². The molecule has 2 atom stereocenters. The number of hydrogen-bond donors (Lipinski definition) is 1. The molecule has 5 heteroatoms. The van der Waals surface area contributed by atoms with E-state index in [9.17, 15) is 5.11 Å². The molecule has 0 amide bonds. The third-order valence-electron chi connectivity index (χ3n) is 5.12. The lowest BCUT2D eigenvalue weighted by molar-refractivity contribution is 0.0576. The van der Waals surface area contributed by atoms with Crippen LogP contribution in [0, 0.1) is 0 Å². The first-order chi connectivity index (χ1) is 13.7. The van der Waals surface area contributed by atoms with Crippen LogP contribution in [0.25, 0.3) is 11.0 Å². The Hall–Kier alpha value is -2.95. The molecule has 28 heavy (non-hydrogen) atoms. The summed E-state index contributed by atoms with van der Waals surface area (Å²) in [5, 5.41) is 20.8. The SMILES string of the molecule is C=CC(Cc1ccccc1Cl)(C(O)c1ccccc1)n1nnc2ccccc21. The Balaban J connectivity index is 1.94. The van der Waals surface area contributed by atoms with E-state index in [-0.39, 0.29) is 0 Å². The molecule has 0 radical (unpaired) electrons. The van der Waals surface area contributed by atoms with Crippen LogP contribution in [0.5, 0.6) is 0 Å². The normalized spacial score (nSPS) is 14.5. The van der Waals surface area contributed by atoms with Crippen molar-refractivity contribution in [2.24, 2.45) is 0 Å². The average Bonchev–Trinajstić information content (AvgIpc) is 3.18. The van der Waals surface area contributed by atoms with Gasteiger partial charge in [-0.1, -0.05) is 83.6 Å². The van der Waals surface area contributed by atoms with Crippen LogP contribution in [0.1, 0.15) is 17.2 Å². The zero-order valence-corrected chi connectivity index (χ0v) is 16.0. The number of aliphatic hydroxyl groups is 1. The maximum Gasteiger partial charge on any atom is 0.117 e. The van der Waals surface area contributed by atoms with E-state index in [1.54, 1.807) is 10.8 Å². The number of nitrogens with zero attached hydrogens (tertiary/aromatic N) is 3. The van der Waals surface area contributed by atoms with E-state index in [0.29, 0.717) is 11.4 Å². The molecule has 4 nitrogen and oxygen atoms in total. The van der Waals surface area contributed by atoms with Crippen molar-refractivity contribution >= 4 is 22.6 Å². The molecular weight excluding hydrogens is 370 g/mol. The Morgan fingerprint density at radius 1 is 1.00 bits per heavy atom.